The molecule has 2 amide bonds. The fourth-order valence-electron chi connectivity index (χ4n) is 2.54. The Labute approximate surface area is 153 Å². The molecule has 1 aliphatic heterocycles. The SMILES string of the molecule is Cc1ccc(S(=O)(=O)N2CCCO[C@H]2CNC(=O)C(=O)NC(C)C)cc1. The summed E-state index contributed by atoms with van der Waals surface area (Å²) in [6.07, 6.45) is -0.297. The van der Waals surface area contributed by atoms with E-state index in [1.165, 1.54) is 4.31 Å². The number of hydrogen-bond acceptors (Lipinski definition) is 5. The monoisotopic (exact) mass is 383 g/mol. The Balaban J connectivity index is 2.08. The van der Waals surface area contributed by atoms with Crippen LogP contribution in [-0.2, 0) is 24.3 Å². The predicted molar refractivity (Wildman–Crippen MR) is 95.7 cm³/mol. The first-order chi connectivity index (χ1) is 12.2. The maximum atomic E-state index is 12.9. The van der Waals surface area contributed by atoms with Crippen LogP contribution in [0.25, 0.3) is 0 Å². The van der Waals surface area contributed by atoms with Crippen LogP contribution in [0.1, 0.15) is 25.8 Å². The number of sulfonamides is 1. The second kappa shape index (κ2) is 8.61. The minimum absolute atomic E-state index is 0.102. The summed E-state index contributed by atoms with van der Waals surface area (Å²) in [5.74, 6) is -1.58. The summed E-state index contributed by atoms with van der Waals surface area (Å²) in [5, 5.41) is 4.92. The molecule has 0 bridgehead atoms. The summed E-state index contributed by atoms with van der Waals surface area (Å²) < 4.78 is 32.5. The van der Waals surface area contributed by atoms with Crippen LogP contribution in [0.5, 0.6) is 0 Å². The molecule has 8 nitrogen and oxygen atoms in total. The molecule has 1 fully saturated rings. The maximum Gasteiger partial charge on any atom is 0.309 e. The maximum absolute atomic E-state index is 12.9. The molecule has 9 heteroatoms. The lowest BCUT2D eigenvalue weighted by Gasteiger charge is -2.34. The van der Waals surface area contributed by atoms with Crippen LogP contribution >= 0.6 is 0 Å². The molecule has 0 aromatic heterocycles. The van der Waals surface area contributed by atoms with Gasteiger partial charge in [0.1, 0.15) is 6.23 Å². The van der Waals surface area contributed by atoms with Gasteiger partial charge in [0.15, 0.2) is 0 Å². The number of carbonyl (C=O) groups is 2. The first kappa shape index (κ1) is 20.3. The lowest BCUT2D eigenvalue weighted by Crippen LogP contribution is -2.53. The summed E-state index contributed by atoms with van der Waals surface area (Å²) in [4.78, 5) is 23.7. The molecule has 1 saturated heterocycles. The molecule has 1 aromatic carbocycles. The molecule has 26 heavy (non-hydrogen) atoms. The minimum atomic E-state index is -3.76. The highest BCUT2D eigenvalue weighted by Gasteiger charge is 2.34. The molecule has 1 aliphatic rings. The van der Waals surface area contributed by atoms with Crippen molar-refractivity contribution < 1.29 is 22.7 Å². The summed E-state index contributed by atoms with van der Waals surface area (Å²) in [6.45, 7) is 5.93. The van der Waals surface area contributed by atoms with Gasteiger partial charge in [-0.15, -0.1) is 0 Å². The molecular formula is C17H25N3O5S. The van der Waals surface area contributed by atoms with Gasteiger partial charge in [0.05, 0.1) is 18.0 Å². The highest BCUT2D eigenvalue weighted by Crippen LogP contribution is 2.22. The lowest BCUT2D eigenvalue weighted by molar-refractivity contribution is -0.140. The van der Waals surface area contributed by atoms with Crippen molar-refractivity contribution in [1.82, 2.24) is 14.9 Å². The van der Waals surface area contributed by atoms with E-state index in [9.17, 15) is 18.0 Å². The number of hydrogen-bond donors (Lipinski definition) is 2. The molecule has 0 spiro atoms. The lowest BCUT2D eigenvalue weighted by atomic mass is 10.2. The fourth-order valence-corrected chi connectivity index (χ4v) is 4.10. The Bertz CT molecular complexity index is 746. The fraction of sp³-hybridized carbons (Fsp3) is 0.529. The zero-order valence-corrected chi connectivity index (χ0v) is 16.0. The Hall–Kier alpha value is -1.97. The quantitative estimate of drug-likeness (QED) is 0.715. The molecule has 1 atom stereocenters. The van der Waals surface area contributed by atoms with Gasteiger partial charge in [-0.3, -0.25) is 9.59 Å². The molecular weight excluding hydrogens is 358 g/mol. The van der Waals surface area contributed by atoms with E-state index in [2.05, 4.69) is 10.6 Å². The van der Waals surface area contributed by atoms with Gasteiger partial charge < -0.3 is 15.4 Å². The molecule has 0 saturated carbocycles. The van der Waals surface area contributed by atoms with Crippen molar-refractivity contribution in [3.63, 3.8) is 0 Å². The summed E-state index contributed by atoms with van der Waals surface area (Å²) >= 11 is 0. The summed E-state index contributed by atoms with van der Waals surface area (Å²) in [7, 11) is -3.76. The van der Waals surface area contributed by atoms with Crippen LogP contribution in [0, 0.1) is 6.92 Å². The number of ether oxygens (including phenoxy) is 1. The molecule has 1 heterocycles. The van der Waals surface area contributed by atoms with Crippen LogP contribution in [0.3, 0.4) is 0 Å². The van der Waals surface area contributed by atoms with Crippen molar-refractivity contribution in [1.29, 1.82) is 0 Å². The van der Waals surface area contributed by atoms with Gasteiger partial charge in [-0.2, -0.15) is 4.31 Å². The normalized spacial score (nSPS) is 18.5. The minimum Gasteiger partial charge on any atom is -0.360 e. The van der Waals surface area contributed by atoms with Gasteiger partial charge in [0, 0.05) is 12.6 Å². The highest BCUT2D eigenvalue weighted by atomic mass is 32.2. The third-order valence-corrected chi connectivity index (χ3v) is 5.75. The van der Waals surface area contributed by atoms with E-state index in [-0.39, 0.29) is 24.0 Å². The number of nitrogens with zero attached hydrogens (tertiary/aromatic N) is 1. The summed E-state index contributed by atoms with van der Waals surface area (Å²) in [6, 6.07) is 6.38. The second-order valence-electron chi connectivity index (χ2n) is 6.45. The van der Waals surface area contributed by atoms with E-state index < -0.39 is 28.1 Å². The first-order valence-corrected chi connectivity index (χ1v) is 9.94. The Morgan fingerprint density at radius 3 is 2.50 bits per heavy atom. The molecule has 144 valence electrons. The Morgan fingerprint density at radius 2 is 1.88 bits per heavy atom. The van der Waals surface area contributed by atoms with E-state index in [0.29, 0.717) is 13.0 Å². The summed E-state index contributed by atoms with van der Waals surface area (Å²) in [5.41, 5.74) is 0.957. The molecule has 0 aliphatic carbocycles. The zero-order valence-electron chi connectivity index (χ0n) is 15.2. The van der Waals surface area contributed by atoms with Crippen LogP contribution in [0.4, 0.5) is 0 Å². The third kappa shape index (κ3) is 5.03. The van der Waals surface area contributed by atoms with Crippen LogP contribution in [0.15, 0.2) is 29.2 Å². The van der Waals surface area contributed by atoms with Gasteiger partial charge >= 0.3 is 11.8 Å². The third-order valence-electron chi connectivity index (χ3n) is 3.85. The van der Waals surface area contributed by atoms with Crippen LogP contribution < -0.4 is 10.6 Å². The van der Waals surface area contributed by atoms with Gasteiger partial charge in [-0.05, 0) is 39.3 Å². The van der Waals surface area contributed by atoms with Gasteiger partial charge in [0.25, 0.3) is 0 Å². The topological polar surface area (TPSA) is 105 Å². The molecule has 2 N–H and O–H groups in total. The smallest absolute Gasteiger partial charge is 0.309 e. The van der Waals surface area contributed by atoms with E-state index in [0.717, 1.165) is 5.56 Å². The van der Waals surface area contributed by atoms with Crippen LogP contribution in [0.2, 0.25) is 0 Å². The molecule has 1 aromatic rings. The van der Waals surface area contributed by atoms with Crippen LogP contribution in [-0.4, -0.2) is 56.5 Å². The molecule has 2 rings (SSSR count). The average molecular weight is 383 g/mol. The zero-order chi connectivity index (χ0) is 19.3. The Kier molecular flexibility index (Phi) is 6.74. The number of benzene rings is 1. The van der Waals surface area contributed by atoms with E-state index in [1.807, 2.05) is 6.92 Å². The van der Waals surface area contributed by atoms with Crippen molar-refractivity contribution in [2.75, 3.05) is 19.7 Å². The molecule has 0 radical (unpaired) electrons. The van der Waals surface area contributed by atoms with E-state index in [4.69, 9.17) is 4.74 Å². The number of rotatable bonds is 5. The second-order valence-corrected chi connectivity index (χ2v) is 8.34. The van der Waals surface area contributed by atoms with Crippen molar-refractivity contribution in [2.45, 2.75) is 44.4 Å². The number of amides is 2. The van der Waals surface area contributed by atoms with Crippen molar-refractivity contribution >= 4 is 21.8 Å². The van der Waals surface area contributed by atoms with Crippen molar-refractivity contribution in [3.8, 4) is 0 Å². The molecule has 0 unspecified atom stereocenters. The Morgan fingerprint density at radius 1 is 1.23 bits per heavy atom. The highest BCUT2D eigenvalue weighted by molar-refractivity contribution is 7.89. The predicted octanol–water partition coefficient (Wildman–Crippen LogP) is 0.373. The van der Waals surface area contributed by atoms with Gasteiger partial charge in [-0.25, -0.2) is 8.42 Å². The van der Waals surface area contributed by atoms with Gasteiger partial charge in [0.2, 0.25) is 10.0 Å². The van der Waals surface area contributed by atoms with Crippen molar-refractivity contribution in [3.05, 3.63) is 29.8 Å². The first-order valence-electron chi connectivity index (χ1n) is 8.50. The average Bonchev–Trinajstić information content (AvgIpc) is 2.59. The number of carbonyl (C=O) groups excluding carboxylic acids is 2. The standard InChI is InChI=1S/C17H25N3O5S/c1-12(2)19-17(22)16(21)18-11-15-20(9-4-10-25-15)26(23,24)14-7-5-13(3)6-8-14/h5-8,12,15H,4,9-11H2,1-3H3,(H,18,21)(H,19,22)/t15-/m0/s1. The van der Waals surface area contributed by atoms with E-state index in [1.54, 1.807) is 38.1 Å². The van der Waals surface area contributed by atoms with Crippen molar-refractivity contribution in [2.24, 2.45) is 0 Å². The number of aryl methyl sites for hydroxylation is 1. The van der Waals surface area contributed by atoms with Gasteiger partial charge in [-0.1, -0.05) is 17.7 Å². The van der Waals surface area contributed by atoms with E-state index >= 15 is 0 Å². The largest absolute Gasteiger partial charge is 0.360 e. The number of nitrogens with one attached hydrogen (secondary N) is 2.